The highest BCUT2D eigenvalue weighted by atomic mass is 16.2. The standard InChI is InChI=1S/C12H21NO/c1-5-11(6-2)9-10-12(14)13(7-3)8-4/h5,9-10H,6-8H2,1-4H3/b10-9+,11-5+. The van der Waals surface area contributed by atoms with Crippen LogP contribution in [0.5, 0.6) is 0 Å². The van der Waals surface area contributed by atoms with Crippen LogP contribution in [0.25, 0.3) is 0 Å². The van der Waals surface area contributed by atoms with Gasteiger partial charge < -0.3 is 4.90 Å². The van der Waals surface area contributed by atoms with Gasteiger partial charge in [-0.3, -0.25) is 4.79 Å². The number of amides is 1. The molecule has 14 heavy (non-hydrogen) atoms. The molecule has 0 unspecified atom stereocenters. The van der Waals surface area contributed by atoms with Crippen LogP contribution >= 0.6 is 0 Å². The van der Waals surface area contributed by atoms with Gasteiger partial charge in [-0.2, -0.15) is 0 Å². The normalized spacial score (nSPS) is 12.1. The topological polar surface area (TPSA) is 20.3 Å². The summed E-state index contributed by atoms with van der Waals surface area (Å²) in [6, 6.07) is 0. The Hall–Kier alpha value is -1.05. The Balaban J connectivity index is 4.29. The third-order valence-corrected chi connectivity index (χ3v) is 2.29. The largest absolute Gasteiger partial charge is 0.340 e. The van der Waals surface area contributed by atoms with E-state index in [0.29, 0.717) is 0 Å². The van der Waals surface area contributed by atoms with Gasteiger partial charge >= 0.3 is 0 Å². The summed E-state index contributed by atoms with van der Waals surface area (Å²) in [7, 11) is 0. The number of nitrogens with zero attached hydrogens (tertiary/aromatic N) is 1. The van der Waals surface area contributed by atoms with E-state index in [1.807, 2.05) is 32.9 Å². The first-order chi connectivity index (χ1) is 6.69. The second-order valence-electron chi connectivity index (χ2n) is 3.06. The van der Waals surface area contributed by atoms with Gasteiger partial charge in [-0.15, -0.1) is 0 Å². The van der Waals surface area contributed by atoms with E-state index < -0.39 is 0 Å². The monoisotopic (exact) mass is 195 g/mol. The summed E-state index contributed by atoms with van der Waals surface area (Å²) >= 11 is 0. The maximum absolute atomic E-state index is 11.6. The SMILES string of the molecule is C/C=C(/C=C/C(=O)N(CC)CC)CC. The predicted octanol–water partition coefficient (Wildman–Crippen LogP) is 2.77. The lowest BCUT2D eigenvalue weighted by molar-refractivity contribution is -0.125. The summed E-state index contributed by atoms with van der Waals surface area (Å²) in [5.41, 5.74) is 1.20. The van der Waals surface area contributed by atoms with Gasteiger partial charge in [-0.1, -0.05) is 24.6 Å². The first-order valence-corrected chi connectivity index (χ1v) is 5.31. The van der Waals surface area contributed by atoms with E-state index in [2.05, 4.69) is 6.92 Å². The van der Waals surface area contributed by atoms with Crippen molar-refractivity contribution in [2.24, 2.45) is 0 Å². The molecule has 0 rings (SSSR count). The Morgan fingerprint density at radius 1 is 1.14 bits per heavy atom. The summed E-state index contributed by atoms with van der Waals surface area (Å²) in [4.78, 5) is 13.4. The average molecular weight is 195 g/mol. The average Bonchev–Trinajstić information content (AvgIpc) is 2.21. The molecule has 0 saturated carbocycles. The van der Waals surface area contributed by atoms with Gasteiger partial charge in [0.15, 0.2) is 0 Å². The van der Waals surface area contributed by atoms with E-state index >= 15 is 0 Å². The maximum Gasteiger partial charge on any atom is 0.246 e. The first kappa shape index (κ1) is 12.9. The highest BCUT2D eigenvalue weighted by Crippen LogP contribution is 2.02. The number of likely N-dealkylation sites (N-methyl/N-ethyl adjacent to an activating group) is 1. The zero-order valence-corrected chi connectivity index (χ0v) is 9.71. The van der Waals surface area contributed by atoms with Crippen molar-refractivity contribution < 1.29 is 4.79 Å². The Morgan fingerprint density at radius 2 is 1.71 bits per heavy atom. The molecule has 1 amide bonds. The van der Waals surface area contributed by atoms with Crippen LogP contribution < -0.4 is 0 Å². The lowest BCUT2D eigenvalue weighted by atomic mass is 10.2. The molecule has 0 aliphatic heterocycles. The van der Waals surface area contributed by atoms with Gasteiger partial charge in [0.2, 0.25) is 5.91 Å². The molecule has 0 aromatic rings. The molecule has 2 nitrogen and oxygen atoms in total. The smallest absolute Gasteiger partial charge is 0.246 e. The van der Waals surface area contributed by atoms with Gasteiger partial charge in [-0.25, -0.2) is 0 Å². The highest BCUT2D eigenvalue weighted by Gasteiger charge is 2.03. The molecule has 0 N–H and O–H groups in total. The number of carbonyl (C=O) groups is 1. The Bertz CT molecular complexity index is 224. The lowest BCUT2D eigenvalue weighted by Crippen LogP contribution is -2.28. The molecule has 0 spiro atoms. The van der Waals surface area contributed by atoms with Gasteiger partial charge in [0.05, 0.1) is 0 Å². The zero-order valence-electron chi connectivity index (χ0n) is 9.71. The minimum absolute atomic E-state index is 0.0998. The summed E-state index contributed by atoms with van der Waals surface area (Å²) in [5.74, 6) is 0.0998. The van der Waals surface area contributed by atoms with E-state index in [-0.39, 0.29) is 5.91 Å². The quantitative estimate of drug-likeness (QED) is 0.488. The van der Waals surface area contributed by atoms with E-state index in [1.54, 1.807) is 11.0 Å². The summed E-state index contributed by atoms with van der Waals surface area (Å²) in [6.45, 7) is 9.61. The van der Waals surface area contributed by atoms with Crippen molar-refractivity contribution in [1.82, 2.24) is 4.90 Å². The summed E-state index contributed by atoms with van der Waals surface area (Å²) in [6.07, 6.45) is 6.57. The number of carbonyl (C=O) groups excluding carboxylic acids is 1. The maximum atomic E-state index is 11.6. The van der Waals surface area contributed by atoms with E-state index in [1.165, 1.54) is 5.57 Å². The van der Waals surface area contributed by atoms with Crippen LogP contribution in [0.3, 0.4) is 0 Å². The molecule has 80 valence electrons. The number of hydrogen-bond acceptors (Lipinski definition) is 1. The van der Waals surface area contributed by atoms with Crippen LogP contribution in [0.2, 0.25) is 0 Å². The fraction of sp³-hybridized carbons (Fsp3) is 0.583. The van der Waals surface area contributed by atoms with Crippen LogP contribution in [0.4, 0.5) is 0 Å². The van der Waals surface area contributed by atoms with Crippen LogP contribution in [0.1, 0.15) is 34.1 Å². The van der Waals surface area contributed by atoms with Crippen molar-refractivity contribution in [1.29, 1.82) is 0 Å². The minimum atomic E-state index is 0.0998. The van der Waals surface area contributed by atoms with E-state index in [9.17, 15) is 4.79 Å². The molecule has 2 heteroatoms. The molecule has 0 saturated heterocycles. The van der Waals surface area contributed by atoms with Crippen LogP contribution in [0, 0.1) is 0 Å². The third kappa shape index (κ3) is 4.26. The number of allylic oxidation sites excluding steroid dienone is 3. The molecule has 0 aliphatic carbocycles. The number of hydrogen-bond donors (Lipinski definition) is 0. The van der Waals surface area contributed by atoms with Crippen LogP contribution in [0.15, 0.2) is 23.8 Å². The van der Waals surface area contributed by atoms with Gasteiger partial charge in [0.1, 0.15) is 0 Å². The first-order valence-electron chi connectivity index (χ1n) is 5.31. The summed E-state index contributed by atoms with van der Waals surface area (Å²) < 4.78 is 0. The molecule has 0 fully saturated rings. The van der Waals surface area contributed by atoms with Crippen molar-refractivity contribution in [3.8, 4) is 0 Å². The molecule has 0 aromatic heterocycles. The Kier molecular flexibility index (Phi) is 6.81. The molecule has 0 atom stereocenters. The van der Waals surface area contributed by atoms with Gasteiger partial charge in [0.25, 0.3) is 0 Å². The van der Waals surface area contributed by atoms with Crippen LogP contribution in [-0.4, -0.2) is 23.9 Å². The third-order valence-electron chi connectivity index (χ3n) is 2.29. The molecular formula is C12H21NO. The fourth-order valence-electron chi connectivity index (χ4n) is 1.24. The predicted molar refractivity (Wildman–Crippen MR) is 61.1 cm³/mol. The molecule has 0 aromatic carbocycles. The van der Waals surface area contributed by atoms with Crippen molar-refractivity contribution >= 4 is 5.91 Å². The zero-order chi connectivity index (χ0) is 11.0. The highest BCUT2D eigenvalue weighted by molar-refractivity contribution is 5.88. The molecule has 0 heterocycles. The molecule has 0 bridgehead atoms. The van der Waals surface area contributed by atoms with Crippen molar-refractivity contribution in [2.75, 3.05) is 13.1 Å². The van der Waals surface area contributed by atoms with Crippen molar-refractivity contribution in [3.05, 3.63) is 23.8 Å². The molecule has 0 aliphatic rings. The number of rotatable bonds is 5. The Labute approximate surface area is 87.3 Å². The Morgan fingerprint density at radius 3 is 2.07 bits per heavy atom. The van der Waals surface area contributed by atoms with Gasteiger partial charge in [0, 0.05) is 19.2 Å². The second kappa shape index (κ2) is 7.36. The second-order valence-corrected chi connectivity index (χ2v) is 3.06. The van der Waals surface area contributed by atoms with E-state index in [0.717, 1.165) is 19.5 Å². The fourth-order valence-corrected chi connectivity index (χ4v) is 1.24. The van der Waals surface area contributed by atoms with Crippen LogP contribution in [-0.2, 0) is 4.79 Å². The molecule has 0 radical (unpaired) electrons. The summed E-state index contributed by atoms with van der Waals surface area (Å²) in [5, 5.41) is 0. The minimum Gasteiger partial charge on any atom is -0.340 e. The van der Waals surface area contributed by atoms with Gasteiger partial charge in [-0.05, 0) is 27.2 Å². The van der Waals surface area contributed by atoms with Crippen molar-refractivity contribution in [3.63, 3.8) is 0 Å². The lowest BCUT2D eigenvalue weighted by Gasteiger charge is -2.15. The van der Waals surface area contributed by atoms with E-state index in [4.69, 9.17) is 0 Å². The molecular weight excluding hydrogens is 174 g/mol. The van der Waals surface area contributed by atoms with Crippen molar-refractivity contribution in [2.45, 2.75) is 34.1 Å².